The molecule has 2 rings (SSSR count). The summed E-state index contributed by atoms with van der Waals surface area (Å²) >= 11 is 0. The minimum atomic E-state index is -3.52. The second-order valence-electron chi connectivity index (χ2n) is 5.60. The smallest absolute Gasteiger partial charge is 0.240 e. The second kappa shape index (κ2) is 7.70. The second-order valence-corrected chi connectivity index (χ2v) is 7.49. The van der Waals surface area contributed by atoms with E-state index in [1.807, 2.05) is 0 Å². The number of aliphatic imine (C=N–C) groups is 2. The Hall–Kier alpha value is -1.73. The van der Waals surface area contributed by atoms with Gasteiger partial charge in [0.2, 0.25) is 10.0 Å². The molecule has 1 fully saturated rings. The lowest BCUT2D eigenvalue weighted by Crippen LogP contribution is -2.24. The first-order valence-corrected chi connectivity index (χ1v) is 9.28. The molecule has 0 bridgehead atoms. The molecule has 23 heavy (non-hydrogen) atoms. The molecular formula is C16H24N4O2S. The quantitative estimate of drug-likeness (QED) is 0.640. The highest BCUT2D eigenvalue weighted by molar-refractivity contribution is 7.89. The Balaban J connectivity index is 2.42. The maximum atomic E-state index is 12.0. The Morgan fingerprint density at radius 2 is 1.96 bits per heavy atom. The number of nitrogens with zero attached hydrogens (tertiary/aromatic N) is 2. The summed E-state index contributed by atoms with van der Waals surface area (Å²) in [4.78, 5) is 8.22. The number of hydrogen-bond donors (Lipinski definition) is 2. The number of amidine groups is 1. The van der Waals surface area contributed by atoms with Gasteiger partial charge >= 0.3 is 0 Å². The summed E-state index contributed by atoms with van der Waals surface area (Å²) in [6.07, 6.45) is 5.95. The molecule has 1 aromatic rings. The van der Waals surface area contributed by atoms with Crippen molar-refractivity contribution in [1.82, 2.24) is 4.72 Å². The third kappa shape index (κ3) is 4.17. The molecular weight excluding hydrogens is 312 g/mol. The van der Waals surface area contributed by atoms with Gasteiger partial charge in [-0.1, -0.05) is 19.3 Å². The molecule has 0 aromatic heterocycles. The lowest BCUT2D eigenvalue weighted by Gasteiger charge is -2.25. The average Bonchev–Trinajstić information content (AvgIpc) is 2.58. The largest absolute Gasteiger partial charge is 0.382 e. The first kappa shape index (κ1) is 17.6. The summed E-state index contributed by atoms with van der Waals surface area (Å²) in [5.41, 5.74) is 1.50. The normalized spacial score (nSPS) is 17.0. The van der Waals surface area contributed by atoms with E-state index >= 15 is 0 Å². The molecule has 1 saturated carbocycles. The van der Waals surface area contributed by atoms with Gasteiger partial charge in [0, 0.05) is 24.3 Å². The van der Waals surface area contributed by atoms with E-state index in [0.717, 1.165) is 18.5 Å². The lowest BCUT2D eigenvalue weighted by atomic mass is 9.95. The molecule has 0 amide bonds. The fourth-order valence-electron chi connectivity index (χ4n) is 2.86. The topological polar surface area (TPSA) is 82.9 Å². The molecule has 0 radical (unpaired) electrons. The van der Waals surface area contributed by atoms with E-state index in [0.29, 0.717) is 17.4 Å². The van der Waals surface area contributed by atoms with Crippen LogP contribution in [-0.4, -0.2) is 41.1 Å². The summed E-state index contributed by atoms with van der Waals surface area (Å²) in [6.45, 7) is 3.53. The van der Waals surface area contributed by atoms with Crippen LogP contribution in [-0.2, 0) is 10.0 Å². The third-order valence-electron chi connectivity index (χ3n) is 4.14. The fourth-order valence-corrected chi connectivity index (χ4v) is 3.62. The zero-order valence-corrected chi connectivity index (χ0v) is 14.5. The summed E-state index contributed by atoms with van der Waals surface area (Å²) in [6, 6.07) is 5.37. The molecule has 0 heterocycles. The van der Waals surface area contributed by atoms with Crippen LogP contribution in [0.2, 0.25) is 0 Å². The van der Waals surface area contributed by atoms with Crippen LogP contribution in [0.5, 0.6) is 0 Å². The molecule has 1 aliphatic rings. The first-order chi connectivity index (χ1) is 11.0. The highest BCUT2D eigenvalue weighted by atomic mass is 32.2. The van der Waals surface area contributed by atoms with Crippen molar-refractivity contribution in [2.75, 3.05) is 19.4 Å². The Kier molecular flexibility index (Phi) is 5.90. The third-order valence-corrected chi connectivity index (χ3v) is 5.55. The number of sulfonamides is 1. The van der Waals surface area contributed by atoms with Crippen molar-refractivity contribution in [3.63, 3.8) is 0 Å². The summed E-state index contributed by atoms with van der Waals surface area (Å²) < 4.78 is 26.4. The van der Waals surface area contributed by atoms with Crippen LogP contribution in [0, 0.1) is 0 Å². The van der Waals surface area contributed by atoms with Crippen molar-refractivity contribution in [3.8, 4) is 0 Å². The van der Waals surface area contributed by atoms with Gasteiger partial charge in [0.1, 0.15) is 0 Å². The summed E-state index contributed by atoms with van der Waals surface area (Å²) in [7, 11) is -0.504. The Morgan fingerprint density at radius 1 is 1.26 bits per heavy atom. The molecule has 0 spiro atoms. The van der Waals surface area contributed by atoms with Crippen LogP contribution in [0.25, 0.3) is 0 Å². The molecule has 0 aliphatic heterocycles. The molecule has 126 valence electrons. The van der Waals surface area contributed by atoms with Crippen molar-refractivity contribution < 1.29 is 8.42 Å². The Labute approximate surface area is 138 Å². The predicted octanol–water partition coefficient (Wildman–Crippen LogP) is 2.42. The van der Waals surface area contributed by atoms with Gasteiger partial charge in [-0.15, -0.1) is 0 Å². The SMILES string of the molecule is C=NC(=NC)c1cc(S(=O)(=O)NC)ccc1NC1CCCCC1. The molecule has 0 saturated heterocycles. The van der Waals surface area contributed by atoms with Crippen molar-refractivity contribution >= 4 is 28.3 Å². The number of rotatable bonds is 5. The lowest BCUT2D eigenvalue weighted by molar-refractivity contribution is 0.462. The van der Waals surface area contributed by atoms with Gasteiger partial charge in [-0.05, 0) is 44.8 Å². The van der Waals surface area contributed by atoms with Gasteiger partial charge in [0.15, 0.2) is 5.84 Å². The van der Waals surface area contributed by atoms with E-state index < -0.39 is 10.0 Å². The fraction of sp³-hybridized carbons (Fsp3) is 0.500. The van der Waals surface area contributed by atoms with Crippen molar-refractivity contribution in [2.45, 2.75) is 43.0 Å². The van der Waals surface area contributed by atoms with Crippen LogP contribution in [0.3, 0.4) is 0 Å². The van der Waals surface area contributed by atoms with Gasteiger partial charge in [-0.3, -0.25) is 4.99 Å². The van der Waals surface area contributed by atoms with E-state index in [1.165, 1.54) is 26.3 Å². The van der Waals surface area contributed by atoms with Crippen LogP contribution >= 0.6 is 0 Å². The average molecular weight is 336 g/mol. The van der Waals surface area contributed by atoms with Crippen molar-refractivity contribution in [2.24, 2.45) is 9.98 Å². The van der Waals surface area contributed by atoms with Crippen LogP contribution in [0.4, 0.5) is 5.69 Å². The van der Waals surface area contributed by atoms with Gasteiger partial charge < -0.3 is 5.32 Å². The van der Waals surface area contributed by atoms with Gasteiger partial charge in [0.05, 0.1) is 4.90 Å². The van der Waals surface area contributed by atoms with E-state index in [9.17, 15) is 8.42 Å². The minimum absolute atomic E-state index is 0.189. The van der Waals surface area contributed by atoms with E-state index in [4.69, 9.17) is 0 Å². The molecule has 1 aromatic carbocycles. The summed E-state index contributed by atoms with van der Waals surface area (Å²) in [5, 5.41) is 3.51. The van der Waals surface area contributed by atoms with Gasteiger partial charge in [-0.2, -0.15) is 0 Å². The Bertz CT molecular complexity index is 692. The van der Waals surface area contributed by atoms with Gasteiger partial charge in [-0.25, -0.2) is 18.1 Å². The van der Waals surface area contributed by atoms with Crippen LogP contribution in [0.1, 0.15) is 37.7 Å². The number of nitrogens with one attached hydrogen (secondary N) is 2. The van der Waals surface area contributed by atoms with Crippen LogP contribution < -0.4 is 10.0 Å². The van der Waals surface area contributed by atoms with Crippen molar-refractivity contribution in [1.29, 1.82) is 0 Å². The molecule has 6 nitrogen and oxygen atoms in total. The standard InChI is InChI=1S/C16H24N4O2S/c1-17-16(18-2)14-11-13(23(21,22)19-3)9-10-15(14)20-12-7-5-4-6-8-12/h9-12,19-20H,1,4-8H2,2-3H3. The van der Waals surface area contributed by atoms with E-state index in [1.54, 1.807) is 25.2 Å². The first-order valence-electron chi connectivity index (χ1n) is 7.80. The molecule has 1 aliphatic carbocycles. The highest BCUT2D eigenvalue weighted by Gasteiger charge is 2.19. The number of anilines is 1. The highest BCUT2D eigenvalue weighted by Crippen LogP contribution is 2.26. The molecule has 0 unspecified atom stereocenters. The van der Waals surface area contributed by atoms with Crippen LogP contribution in [0.15, 0.2) is 33.1 Å². The predicted molar refractivity (Wildman–Crippen MR) is 95.2 cm³/mol. The summed E-state index contributed by atoms with van der Waals surface area (Å²) in [5.74, 6) is 0.427. The maximum Gasteiger partial charge on any atom is 0.240 e. The monoisotopic (exact) mass is 336 g/mol. The zero-order valence-electron chi connectivity index (χ0n) is 13.7. The maximum absolute atomic E-state index is 12.0. The Morgan fingerprint density at radius 3 is 2.52 bits per heavy atom. The van der Waals surface area contributed by atoms with Crippen molar-refractivity contribution in [3.05, 3.63) is 23.8 Å². The number of hydrogen-bond acceptors (Lipinski definition) is 4. The van der Waals surface area contributed by atoms with E-state index in [-0.39, 0.29) is 4.90 Å². The zero-order chi connectivity index (χ0) is 16.9. The minimum Gasteiger partial charge on any atom is -0.382 e. The molecule has 7 heteroatoms. The number of benzene rings is 1. The van der Waals surface area contributed by atoms with Gasteiger partial charge in [0.25, 0.3) is 0 Å². The molecule has 2 N–H and O–H groups in total. The molecule has 0 atom stereocenters. The van der Waals surface area contributed by atoms with E-state index in [2.05, 4.69) is 26.7 Å².